The number of imidazole rings is 1. The van der Waals surface area contributed by atoms with Crippen LogP contribution in [0.25, 0.3) is 5.65 Å². The van der Waals surface area contributed by atoms with Crippen molar-refractivity contribution in [2.45, 2.75) is 19.9 Å². The largest absolute Gasteiger partial charge is 0.370 e. The molecule has 0 saturated carbocycles. The molecule has 0 fully saturated rings. The van der Waals surface area contributed by atoms with Crippen molar-refractivity contribution < 1.29 is 4.79 Å². The molecule has 3 rings (SSSR count). The van der Waals surface area contributed by atoms with Crippen LogP contribution in [0.2, 0.25) is 0 Å². The van der Waals surface area contributed by atoms with Crippen molar-refractivity contribution in [1.82, 2.24) is 14.7 Å². The first-order valence-electron chi connectivity index (χ1n) is 8.06. The van der Waals surface area contributed by atoms with E-state index in [0.717, 1.165) is 16.9 Å². The molecule has 0 bridgehead atoms. The number of benzene rings is 1. The standard InChI is InChI=1S/C19H22N4O/c1-14-9-10-23-13-17(21-18(23)11-14)19(24)20-12-15(2)22(3)16-7-5-4-6-8-16/h4-11,13,15H,12H2,1-3H3,(H,20,24)/t15-/m1/s1. The number of likely N-dealkylation sites (N-methyl/N-ethyl adjacent to an activating group) is 1. The van der Waals surface area contributed by atoms with Crippen molar-refractivity contribution in [1.29, 1.82) is 0 Å². The SMILES string of the molecule is Cc1ccn2cc(C(=O)NC[C@@H](C)N(C)c3ccccc3)nc2c1. The van der Waals surface area contributed by atoms with Gasteiger partial charge < -0.3 is 14.6 Å². The Kier molecular flexibility index (Phi) is 4.51. The highest BCUT2D eigenvalue weighted by molar-refractivity contribution is 5.92. The quantitative estimate of drug-likeness (QED) is 0.786. The van der Waals surface area contributed by atoms with Gasteiger partial charge in [-0.05, 0) is 43.7 Å². The van der Waals surface area contributed by atoms with E-state index in [4.69, 9.17) is 0 Å². The smallest absolute Gasteiger partial charge is 0.271 e. The van der Waals surface area contributed by atoms with Crippen molar-refractivity contribution >= 4 is 17.2 Å². The molecule has 0 saturated heterocycles. The monoisotopic (exact) mass is 322 g/mol. The maximum Gasteiger partial charge on any atom is 0.271 e. The predicted molar refractivity (Wildman–Crippen MR) is 96.6 cm³/mol. The number of hydrogen-bond donors (Lipinski definition) is 1. The number of rotatable bonds is 5. The number of nitrogens with one attached hydrogen (secondary N) is 1. The number of carbonyl (C=O) groups is 1. The summed E-state index contributed by atoms with van der Waals surface area (Å²) < 4.78 is 1.86. The Morgan fingerprint density at radius 2 is 2.04 bits per heavy atom. The molecule has 1 aromatic carbocycles. The molecule has 1 N–H and O–H groups in total. The lowest BCUT2D eigenvalue weighted by Crippen LogP contribution is -2.40. The number of aryl methyl sites for hydroxylation is 1. The molecular formula is C19H22N4O. The first kappa shape index (κ1) is 16.1. The van der Waals surface area contributed by atoms with Crippen LogP contribution in [0.15, 0.2) is 54.9 Å². The minimum Gasteiger partial charge on any atom is -0.370 e. The summed E-state index contributed by atoms with van der Waals surface area (Å²) >= 11 is 0. The molecule has 0 aliphatic heterocycles. The molecule has 1 atom stereocenters. The van der Waals surface area contributed by atoms with E-state index in [-0.39, 0.29) is 11.9 Å². The Bertz CT molecular complexity index is 841. The highest BCUT2D eigenvalue weighted by Gasteiger charge is 2.14. The van der Waals surface area contributed by atoms with E-state index >= 15 is 0 Å². The average Bonchev–Trinajstić information content (AvgIpc) is 3.02. The number of pyridine rings is 1. The third-order valence-electron chi connectivity index (χ3n) is 4.23. The van der Waals surface area contributed by atoms with Gasteiger partial charge >= 0.3 is 0 Å². The fourth-order valence-corrected chi connectivity index (χ4v) is 2.58. The lowest BCUT2D eigenvalue weighted by Gasteiger charge is -2.27. The van der Waals surface area contributed by atoms with E-state index in [9.17, 15) is 4.79 Å². The molecule has 24 heavy (non-hydrogen) atoms. The molecule has 124 valence electrons. The molecule has 2 heterocycles. The molecule has 3 aromatic rings. The van der Waals surface area contributed by atoms with Gasteiger partial charge in [0.25, 0.3) is 5.91 Å². The molecule has 1 amide bonds. The number of aromatic nitrogens is 2. The fourth-order valence-electron chi connectivity index (χ4n) is 2.58. The summed E-state index contributed by atoms with van der Waals surface area (Å²) in [6.07, 6.45) is 3.68. The molecule has 0 unspecified atom stereocenters. The third-order valence-corrected chi connectivity index (χ3v) is 4.23. The van der Waals surface area contributed by atoms with Gasteiger partial charge in [0.2, 0.25) is 0 Å². The van der Waals surface area contributed by atoms with Gasteiger partial charge in [0.15, 0.2) is 0 Å². The van der Waals surface area contributed by atoms with Gasteiger partial charge in [0.05, 0.1) is 0 Å². The maximum absolute atomic E-state index is 12.4. The van der Waals surface area contributed by atoms with Gasteiger partial charge in [-0.1, -0.05) is 18.2 Å². The lowest BCUT2D eigenvalue weighted by atomic mass is 10.2. The van der Waals surface area contributed by atoms with Crippen molar-refractivity contribution in [2.75, 3.05) is 18.5 Å². The van der Waals surface area contributed by atoms with Crippen LogP contribution < -0.4 is 10.2 Å². The van der Waals surface area contributed by atoms with Gasteiger partial charge in [-0.3, -0.25) is 4.79 Å². The van der Waals surface area contributed by atoms with Crippen LogP contribution in [-0.2, 0) is 0 Å². The Morgan fingerprint density at radius 1 is 1.29 bits per heavy atom. The maximum atomic E-state index is 12.4. The van der Waals surface area contributed by atoms with E-state index in [2.05, 4.69) is 34.3 Å². The third kappa shape index (κ3) is 3.40. The summed E-state index contributed by atoms with van der Waals surface area (Å²) in [5, 5.41) is 2.97. The topological polar surface area (TPSA) is 49.6 Å². The molecule has 5 heteroatoms. The van der Waals surface area contributed by atoms with Gasteiger partial charge in [0.1, 0.15) is 11.3 Å². The number of fused-ring (bicyclic) bond motifs is 1. The van der Waals surface area contributed by atoms with E-state index < -0.39 is 0 Å². The summed E-state index contributed by atoms with van der Waals surface area (Å²) in [5.74, 6) is -0.148. The van der Waals surface area contributed by atoms with Crippen LogP contribution in [-0.4, -0.2) is 34.9 Å². The molecule has 0 aliphatic carbocycles. The van der Waals surface area contributed by atoms with Crippen LogP contribution in [0.1, 0.15) is 23.0 Å². The number of para-hydroxylation sites is 1. The summed E-state index contributed by atoms with van der Waals surface area (Å²) in [4.78, 5) is 18.9. The minimum absolute atomic E-state index is 0.148. The highest BCUT2D eigenvalue weighted by Crippen LogP contribution is 2.13. The number of amides is 1. The first-order chi connectivity index (χ1) is 11.5. The van der Waals surface area contributed by atoms with Crippen LogP contribution in [0.3, 0.4) is 0 Å². The Labute approximate surface area is 141 Å². The minimum atomic E-state index is -0.148. The Morgan fingerprint density at radius 3 is 2.79 bits per heavy atom. The van der Waals surface area contributed by atoms with Gasteiger partial charge in [0, 0.05) is 37.7 Å². The van der Waals surface area contributed by atoms with Crippen LogP contribution in [0.4, 0.5) is 5.69 Å². The molecule has 0 spiro atoms. The number of nitrogens with zero attached hydrogens (tertiary/aromatic N) is 3. The van der Waals surface area contributed by atoms with Crippen molar-refractivity contribution in [3.05, 3.63) is 66.1 Å². The van der Waals surface area contributed by atoms with Gasteiger partial charge in [-0.25, -0.2) is 4.98 Å². The number of hydrogen-bond acceptors (Lipinski definition) is 3. The predicted octanol–water partition coefficient (Wildman–Crippen LogP) is 2.90. The summed E-state index contributed by atoms with van der Waals surface area (Å²) in [7, 11) is 2.03. The second-order valence-electron chi connectivity index (χ2n) is 6.10. The normalized spacial score (nSPS) is 12.1. The summed E-state index contributed by atoms with van der Waals surface area (Å²) in [6.45, 7) is 4.65. The van der Waals surface area contributed by atoms with Crippen LogP contribution in [0.5, 0.6) is 0 Å². The molecule has 5 nitrogen and oxygen atoms in total. The second-order valence-corrected chi connectivity index (χ2v) is 6.10. The summed E-state index contributed by atoms with van der Waals surface area (Å²) in [5.41, 5.74) is 3.48. The van der Waals surface area contributed by atoms with Gasteiger partial charge in [-0.15, -0.1) is 0 Å². The molecule has 0 radical (unpaired) electrons. The average molecular weight is 322 g/mol. The number of carbonyl (C=O) groups excluding carboxylic acids is 1. The summed E-state index contributed by atoms with van der Waals surface area (Å²) in [6, 6.07) is 14.3. The Balaban J connectivity index is 1.63. The van der Waals surface area contributed by atoms with E-state index in [1.165, 1.54) is 0 Å². The van der Waals surface area contributed by atoms with E-state index in [1.54, 1.807) is 6.20 Å². The Hall–Kier alpha value is -2.82. The van der Waals surface area contributed by atoms with E-state index in [0.29, 0.717) is 12.2 Å². The van der Waals surface area contributed by atoms with Crippen LogP contribution >= 0.6 is 0 Å². The molecule has 2 aromatic heterocycles. The van der Waals surface area contributed by atoms with Crippen LogP contribution in [0, 0.1) is 6.92 Å². The zero-order valence-corrected chi connectivity index (χ0v) is 14.2. The highest BCUT2D eigenvalue weighted by atomic mass is 16.1. The van der Waals surface area contributed by atoms with E-state index in [1.807, 2.05) is 54.9 Å². The zero-order valence-electron chi connectivity index (χ0n) is 14.2. The fraction of sp³-hybridized carbons (Fsp3) is 0.263. The van der Waals surface area contributed by atoms with Crippen molar-refractivity contribution in [2.24, 2.45) is 0 Å². The first-order valence-corrected chi connectivity index (χ1v) is 8.06. The van der Waals surface area contributed by atoms with Gasteiger partial charge in [-0.2, -0.15) is 0 Å². The van der Waals surface area contributed by atoms with Crippen molar-refractivity contribution in [3.63, 3.8) is 0 Å². The molecular weight excluding hydrogens is 300 g/mol. The zero-order chi connectivity index (χ0) is 17.1. The van der Waals surface area contributed by atoms with Crippen molar-refractivity contribution in [3.8, 4) is 0 Å². The molecule has 0 aliphatic rings. The lowest BCUT2D eigenvalue weighted by molar-refractivity contribution is 0.0947. The number of anilines is 1. The second kappa shape index (κ2) is 6.74.